The van der Waals surface area contributed by atoms with Gasteiger partial charge in [0, 0.05) is 5.69 Å². The Balaban J connectivity index is 2.36. The number of aryl methyl sites for hydroxylation is 2. The highest BCUT2D eigenvalue weighted by Gasteiger charge is 2.10. The summed E-state index contributed by atoms with van der Waals surface area (Å²) in [6.45, 7) is 4.19. The van der Waals surface area contributed by atoms with Crippen LogP contribution < -0.4 is 4.74 Å². The Morgan fingerprint density at radius 2 is 1.80 bits per heavy atom. The van der Waals surface area contributed by atoms with Gasteiger partial charge in [0.2, 0.25) is 0 Å². The summed E-state index contributed by atoms with van der Waals surface area (Å²) >= 11 is 5.48. The van der Waals surface area contributed by atoms with Gasteiger partial charge in [0.05, 0.1) is 12.6 Å². The van der Waals surface area contributed by atoms with Gasteiger partial charge in [-0.1, -0.05) is 12.1 Å². The molecule has 0 atom stereocenters. The van der Waals surface area contributed by atoms with E-state index in [2.05, 4.69) is 37.0 Å². The van der Waals surface area contributed by atoms with E-state index < -0.39 is 0 Å². The van der Waals surface area contributed by atoms with Crippen LogP contribution in [0.2, 0.25) is 0 Å². The Bertz CT molecular complexity index is 825. The van der Waals surface area contributed by atoms with E-state index in [1.165, 1.54) is 11.1 Å². The molecule has 0 radical (unpaired) electrons. The molecule has 0 fully saturated rings. The molecule has 1 N–H and O–H groups in total. The van der Waals surface area contributed by atoms with Gasteiger partial charge >= 0.3 is 0 Å². The Hall–Kier alpha value is -2.07. The van der Waals surface area contributed by atoms with Gasteiger partial charge in [0.15, 0.2) is 4.77 Å². The minimum Gasteiger partial charge on any atom is -0.494 e. The summed E-state index contributed by atoms with van der Waals surface area (Å²) in [6, 6.07) is 12.4. The Morgan fingerprint density at radius 3 is 2.45 bits per heavy atom. The molecule has 0 saturated carbocycles. The highest BCUT2D eigenvalue weighted by atomic mass is 32.1. The second-order valence-electron chi connectivity index (χ2n) is 4.97. The number of fused-ring (bicyclic) bond motifs is 1. The van der Waals surface area contributed by atoms with Crippen molar-refractivity contribution in [1.29, 1.82) is 0 Å². The third kappa shape index (κ3) is 2.02. The number of benzene rings is 2. The SMILES string of the molecule is COc1cccc2c1[nH]c(=S)n2-c1cc(C)cc(C)c1. The van der Waals surface area contributed by atoms with Crippen molar-refractivity contribution in [3.63, 3.8) is 0 Å². The zero-order valence-corrected chi connectivity index (χ0v) is 12.5. The van der Waals surface area contributed by atoms with E-state index in [-0.39, 0.29) is 0 Å². The van der Waals surface area contributed by atoms with Gasteiger partial charge in [-0.3, -0.25) is 4.57 Å². The third-order valence-electron chi connectivity index (χ3n) is 3.36. The molecular formula is C16H16N2OS. The number of methoxy groups -OCH3 is 1. The minimum atomic E-state index is 0.675. The van der Waals surface area contributed by atoms with Crippen LogP contribution in [0.5, 0.6) is 5.75 Å². The number of nitrogens with zero attached hydrogens (tertiary/aromatic N) is 1. The van der Waals surface area contributed by atoms with Crippen molar-refractivity contribution < 1.29 is 4.74 Å². The number of aromatic nitrogens is 2. The zero-order chi connectivity index (χ0) is 14.3. The summed E-state index contributed by atoms with van der Waals surface area (Å²) in [7, 11) is 1.67. The van der Waals surface area contributed by atoms with Crippen LogP contribution in [-0.2, 0) is 0 Å². The Morgan fingerprint density at radius 1 is 1.10 bits per heavy atom. The molecule has 102 valence electrons. The first kappa shape index (κ1) is 12.9. The van der Waals surface area contributed by atoms with Crippen LogP contribution in [0.25, 0.3) is 16.7 Å². The van der Waals surface area contributed by atoms with Crippen LogP contribution in [-0.4, -0.2) is 16.7 Å². The van der Waals surface area contributed by atoms with Gasteiger partial charge in [-0.15, -0.1) is 0 Å². The van der Waals surface area contributed by atoms with Crippen molar-refractivity contribution in [2.24, 2.45) is 0 Å². The Kier molecular flexibility index (Phi) is 3.10. The van der Waals surface area contributed by atoms with Crippen LogP contribution in [0.3, 0.4) is 0 Å². The Labute approximate surface area is 122 Å². The first-order valence-electron chi connectivity index (χ1n) is 6.46. The summed E-state index contributed by atoms with van der Waals surface area (Å²) in [5, 5.41) is 0. The van der Waals surface area contributed by atoms with Crippen LogP contribution in [0, 0.1) is 18.6 Å². The van der Waals surface area contributed by atoms with E-state index in [9.17, 15) is 0 Å². The normalized spacial score (nSPS) is 10.9. The van der Waals surface area contributed by atoms with Gasteiger partial charge in [0.1, 0.15) is 11.3 Å². The molecule has 3 nitrogen and oxygen atoms in total. The molecule has 0 unspecified atom stereocenters. The number of hydrogen-bond donors (Lipinski definition) is 1. The lowest BCUT2D eigenvalue weighted by atomic mass is 10.1. The van der Waals surface area contributed by atoms with Crippen LogP contribution in [0.15, 0.2) is 36.4 Å². The van der Waals surface area contributed by atoms with Gasteiger partial charge in [-0.25, -0.2) is 0 Å². The maximum Gasteiger partial charge on any atom is 0.182 e. The van der Waals surface area contributed by atoms with Crippen molar-refractivity contribution in [3.05, 3.63) is 52.3 Å². The third-order valence-corrected chi connectivity index (χ3v) is 3.65. The molecule has 1 aromatic heterocycles. The molecule has 3 aromatic rings. The molecular weight excluding hydrogens is 268 g/mol. The smallest absolute Gasteiger partial charge is 0.182 e. The lowest BCUT2D eigenvalue weighted by Crippen LogP contribution is -1.95. The molecule has 0 aliphatic carbocycles. The molecule has 0 bridgehead atoms. The highest BCUT2D eigenvalue weighted by Crippen LogP contribution is 2.27. The fourth-order valence-electron chi connectivity index (χ4n) is 2.61. The van der Waals surface area contributed by atoms with Crippen molar-refractivity contribution in [2.45, 2.75) is 13.8 Å². The quantitative estimate of drug-likeness (QED) is 0.710. The van der Waals surface area contributed by atoms with E-state index in [1.807, 2.05) is 22.8 Å². The average molecular weight is 284 g/mol. The molecule has 20 heavy (non-hydrogen) atoms. The second kappa shape index (κ2) is 4.80. The highest BCUT2D eigenvalue weighted by molar-refractivity contribution is 7.71. The van der Waals surface area contributed by atoms with Crippen molar-refractivity contribution in [1.82, 2.24) is 9.55 Å². The van der Waals surface area contributed by atoms with Crippen LogP contribution in [0.1, 0.15) is 11.1 Å². The standard InChI is InChI=1S/C16H16N2OS/c1-10-7-11(2)9-12(8-10)18-13-5-4-6-14(19-3)15(13)17-16(18)20/h4-9H,1-3H3,(H,17,20). The van der Waals surface area contributed by atoms with Gasteiger partial charge < -0.3 is 9.72 Å². The molecule has 0 aliphatic rings. The lowest BCUT2D eigenvalue weighted by molar-refractivity contribution is 0.419. The van der Waals surface area contributed by atoms with Gasteiger partial charge in [-0.2, -0.15) is 0 Å². The number of para-hydroxylation sites is 1. The largest absolute Gasteiger partial charge is 0.494 e. The average Bonchev–Trinajstić information content (AvgIpc) is 2.73. The number of imidazole rings is 1. The maximum absolute atomic E-state index is 5.48. The second-order valence-corrected chi connectivity index (χ2v) is 5.35. The number of H-pyrrole nitrogens is 1. The molecule has 0 spiro atoms. The maximum atomic E-state index is 5.48. The fraction of sp³-hybridized carbons (Fsp3) is 0.188. The molecule has 1 heterocycles. The fourth-order valence-corrected chi connectivity index (χ4v) is 2.92. The van der Waals surface area contributed by atoms with E-state index in [0.717, 1.165) is 22.5 Å². The van der Waals surface area contributed by atoms with E-state index in [0.29, 0.717) is 4.77 Å². The summed E-state index contributed by atoms with van der Waals surface area (Å²) in [5.74, 6) is 0.803. The molecule has 2 aromatic carbocycles. The number of aromatic amines is 1. The number of hydrogen-bond acceptors (Lipinski definition) is 2. The van der Waals surface area contributed by atoms with E-state index >= 15 is 0 Å². The van der Waals surface area contributed by atoms with Crippen molar-refractivity contribution in [2.75, 3.05) is 7.11 Å². The molecule has 3 rings (SSSR count). The first-order chi connectivity index (χ1) is 9.60. The predicted octanol–water partition coefficient (Wildman–Crippen LogP) is 4.31. The molecule has 0 amide bonds. The van der Waals surface area contributed by atoms with Crippen LogP contribution >= 0.6 is 12.2 Å². The zero-order valence-electron chi connectivity index (χ0n) is 11.7. The monoisotopic (exact) mass is 284 g/mol. The molecule has 0 aliphatic heterocycles. The number of nitrogens with one attached hydrogen (secondary N) is 1. The predicted molar refractivity (Wildman–Crippen MR) is 84.5 cm³/mol. The van der Waals surface area contributed by atoms with E-state index in [1.54, 1.807) is 7.11 Å². The summed E-state index contributed by atoms with van der Waals surface area (Å²) in [5.41, 5.74) is 5.48. The van der Waals surface area contributed by atoms with Gasteiger partial charge in [-0.05, 0) is 61.5 Å². The summed E-state index contributed by atoms with van der Waals surface area (Å²) in [6.07, 6.45) is 0. The van der Waals surface area contributed by atoms with Crippen LogP contribution in [0.4, 0.5) is 0 Å². The summed E-state index contributed by atoms with van der Waals surface area (Å²) in [4.78, 5) is 3.24. The van der Waals surface area contributed by atoms with E-state index in [4.69, 9.17) is 17.0 Å². The molecule has 0 saturated heterocycles. The minimum absolute atomic E-state index is 0.675. The van der Waals surface area contributed by atoms with Crippen molar-refractivity contribution in [3.8, 4) is 11.4 Å². The number of rotatable bonds is 2. The lowest BCUT2D eigenvalue weighted by Gasteiger charge is -2.08. The number of ether oxygens (including phenoxy) is 1. The molecule has 4 heteroatoms. The topological polar surface area (TPSA) is 29.9 Å². The first-order valence-corrected chi connectivity index (χ1v) is 6.87. The van der Waals surface area contributed by atoms with Gasteiger partial charge in [0.25, 0.3) is 0 Å². The summed E-state index contributed by atoms with van der Waals surface area (Å²) < 4.78 is 8.11. The van der Waals surface area contributed by atoms with Crippen molar-refractivity contribution >= 4 is 23.3 Å².